The highest BCUT2D eigenvalue weighted by atomic mass is 79.9. The third-order valence-corrected chi connectivity index (χ3v) is 4.64. The Morgan fingerprint density at radius 2 is 2.00 bits per heavy atom. The number of piperazine rings is 1. The Labute approximate surface area is 125 Å². The minimum absolute atomic E-state index is 1.10. The SMILES string of the molecule is CCc1ccc(CCCCN2CCNCC2)cc1Br. The third kappa shape index (κ3) is 4.90. The molecule has 0 saturated carbocycles. The Balaban J connectivity index is 1.69. The number of aryl methyl sites for hydroxylation is 2. The zero-order valence-corrected chi connectivity index (χ0v) is 13.5. The number of halogens is 1. The highest BCUT2D eigenvalue weighted by Gasteiger charge is 2.08. The summed E-state index contributed by atoms with van der Waals surface area (Å²) in [7, 11) is 0. The van der Waals surface area contributed by atoms with Gasteiger partial charge in [-0.05, 0) is 49.4 Å². The van der Waals surface area contributed by atoms with Gasteiger partial charge in [-0.1, -0.05) is 35.0 Å². The zero-order chi connectivity index (χ0) is 13.5. The largest absolute Gasteiger partial charge is 0.314 e. The maximum absolute atomic E-state index is 3.66. The number of benzene rings is 1. The maximum Gasteiger partial charge on any atom is 0.0209 e. The second-order valence-corrected chi connectivity index (χ2v) is 6.18. The van der Waals surface area contributed by atoms with Crippen molar-refractivity contribution in [1.29, 1.82) is 0 Å². The molecule has 1 saturated heterocycles. The predicted octanol–water partition coefficient (Wildman–Crippen LogP) is 3.24. The van der Waals surface area contributed by atoms with Crippen LogP contribution in [0.3, 0.4) is 0 Å². The van der Waals surface area contributed by atoms with E-state index in [-0.39, 0.29) is 0 Å². The van der Waals surface area contributed by atoms with E-state index in [4.69, 9.17) is 0 Å². The number of hydrogen-bond acceptors (Lipinski definition) is 2. The van der Waals surface area contributed by atoms with E-state index in [0.29, 0.717) is 0 Å². The van der Waals surface area contributed by atoms with E-state index in [9.17, 15) is 0 Å². The molecule has 1 aromatic rings. The molecule has 0 radical (unpaired) electrons. The summed E-state index contributed by atoms with van der Waals surface area (Å²) in [6.07, 6.45) is 4.91. The number of nitrogens with zero attached hydrogens (tertiary/aromatic N) is 1. The van der Waals surface area contributed by atoms with E-state index in [1.54, 1.807) is 0 Å². The molecule has 1 aliphatic heterocycles. The van der Waals surface area contributed by atoms with E-state index >= 15 is 0 Å². The van der Waals surface area contributed by atoms with Crippen molar-refractivity contribution in [3.8, 4) is 0 Å². The number of hydrogen-bond donors (Lipinski definition) is 1. The van der Waals surface area contributed by atoms with Gasteiger partial charge in [0.25, 0.3) is 0 Å². The fraction of sp³-hybridized carbons (Fsp3) is 0.625. The highest BCUT2D eigenvalue weighted by Crippen LogP contribution is 2.20. The van der Waals surface area contributed by atoms with Crippen LogP contribution in [0.5, 0.6) is 0 Å². The van der Waals surface area contributed by atoms with Gasteiger partial charge in [0.15, 0.2) is 0 Å². The van der Waals surface area contributed by atoms with Crippen LogP contribution in [0, 0.1) is 0 Å². The molecule has 1 aliphatic rings. The molecule has 1 aromatic carbocycles. The molecule has 3 heteroatoms. The number of unbranched alkanes of at least 4 members (excludes halogenated alkanes) is 1. The minimum atomic E-state index is 1.10. The van der Waals surface area contributed by atoms with Crippen molar-refractivity contribution >= 4 is 15.9 Å². The first-order valence-corrected chi connectivity index (χ1v) is 8.29. The summed E-state index contributed by atoms with van der Waals surface area (Å²) in [5.41, 5.74) is 2.87. The van der Waals surface area contributed by atoms with Crippen LogP contribution in [0.4, 0.5) is 0 Å². The second kappa shape index (κ2) is 8.03. The fourth-order valence-electron chi connectivity index (χ4n) is 2.63. The van der Waals surface area contributed by atoms with E-state index in [1.807, 2.05) is 0 Å². The molecule has 106 valence electrons. The lowest BCUT2D eigenvalue weighted by Crippen LogP contribution is -2.43. The Morgan fingerprint density at radius 3 is 2.68 bits per heavy atom. The Kier molecular flexibility index (Phi) is 6.35. The molecule has 0 bridgehead atoms. The summed E-state index contributed by atoms with van der Waals surface area (Å²) in [5, 5.41) is 3.40. The average Bonchev–Trinajstić information content (AvgIpc) is 2.45. The summed E-state index contributed by atoms with van der Waals surface area (Å²) in [5.74, 6) is 0. The van der Waals surface area contributed by atoms with Crippen molar-refractivity contribution in [2.75, 3.05) is 32.7 Å². The molecule has 2 rings (SSSR count). The lowest BCUT2D eigenvalue weighted by molar-refractivity contribution is 0.237. The fourth-order valence-corrected chi connectivity index (χ4v) is 3.34. The lowest BCUT2D eigenvalue weighted by atomic mass is 10.0. The Hall–Kier alpha value is -0.380. The second-order valence-electron chi connectivity index (χ2n) is 5.33. The van der Waals surface area contributed by atoms with Crippen molar-refractivity contribution in [1.82, 2.24) is 10.2 Å². The van der Waals surface area contributed by atoms with Crippen LogP contribution in [0.2, 0.25) is 0 Å². The molecular formula is C16H25BrN2. The molecule has 0 spiro atoms. The van der Waals surface area contributed by atoms with E-state index in [1.165, 1.54) is 54.5 Å². The summed E-state index contributed by atoms with van der Waals surface area (Å²) in [6.45, 7) is 8.22. The van der Waals surface area contributed by atoms with Crippen molar-refractivity contribution in [3.05, 3.63) is 33.8 Å². The monoisotopic (exact) mass is 324 g/mol. The van der Waals surface area contributed by atoms with Crippen LogP contribution in [0.1, 0.15) is 30.9 Å². The van der Waals surface area contributed by atoms with Crippen LogP contribution >= 0.6 is 15.9 Å². The lowest BCUT2D eigenvalue weighted by Gasteiger charge is -2.27. The van der Waals surface area contributed by atoms with Crippen molar-refractivity contribution in [2.45, 2.75) is 32.6 Å². The molecule has 0 unspecified atom stereocenters. The maximum atomic E-state index is 3.66. The highest BCUT2D eigenvalue weighted by molar-refractivity contribution is 9.10. The van der Waals surface area contributed by atoms with Gasteiger partial charge in [0.2, 0.25) is 0 Å². The van der Waals surface area contributed by atoms with Gasteiger partial charge in [-0.15, -0.1) is 0 Å². The standard InChI is InChI=1S/C16H25BrN2/c1-2-15-7-6-14(13-16(15)17)5-3-4-10-19-11-8-18-9-12-19/h6-7,13,18H,2-5,8-12H2,1H3. The van der Waals surface area contributed by atoms with Crippen LogP contribution < -0.4 is 5.32 Å². The van der Waals surface area contributed by atoms with Gasteiger partial charge in [-0.25, -0.2) is 0 Å². The van der Waals surface area contributed by atoms with Gasteiger partial charge in [-0.2, -0.15) is 0 Å². The quantitative estimate of drug-likeness (QED) is 0.808. The van der Waals surface area contributed by atoms with E-state index in [2.05, 4.69) is 51.3 Å². The molecule has 1 fully saturated rings. The summed E-state index contributed by atoms with van der Waals surface area (Å²) in [6, 6.07) is 6.84. The average molecular weight is 325 g/mol. The molecule has 0 atom stereocenters. The summed E-state index contributed by atoms with van der Waals surface area (Å²) < 4.78 is 1.27. The van der Waals surface area contributed by atoms with Gasteiger partial charge in [0, 0.05) is 30.7 Å². The Bertz CT molecular complexity index is 386. The van der Waals surface area contributed by atoms with Crippen molar-refractivity contribution < 1.29 is 0 Å². The molecule has 19 heavy (non-hydrogen) atoms. The van der Waals surface area contributed by atoms with Gasteiger partial charge in [0.05, 0.1) is 0 Å². The first kappa shape index (κ1) is 15.0. The molecule has 0 aliphatic carbocycles. The summed E-state index contributed by atoms with van der Waals surface area (Å²) in [4.78, 5) is 2.58. The molecule has 0 aromatic heterocycles. The van der Waals surface area contributed by atoms with E-state index in [0.717, 1.165) is 19.5 Å². The molecule has 2 nitrogen and oxygen atoms in total. The van der Waals surface area contributed by atoms with Gasteiger partial charge in [-0.3, -0.25) is 0 Å². The third-order valence-electron chi connectivity index (χ3n) is 3.90. The molecule has 1 heterocycles. The number of nitrogens with one attached hydrogen (secondary N) is 1. The van der Waals surface area contributed by atoms with Crippen LogP contribution in [-0.4, -0.2) is 37.6 Å². The Morgan fingerprint density at radius 1 is 1.21 bits per heavy atom. The predicted molar refractivity (Wildman–Crippen MR) is 85.8 cm³/mol. The van der Waals surface area contributed by atoms with Crippen molar-refractivity contribution in [2.24, 2.45) is 0 Å². The first-order chi connectivity index (χ1) is 9.29. The smallest absolute Gasteiger partial charge is 0.0209 e. The topological polar surface area (TPSA) is 15.3 Å². The molecule has 1 N–H and O–H groups in total. The van der Waals surface area contributed by atoms with E-state index < -0.39 is 0 Å². The van der Waals surface area contributed by atoms with Crippen LogP contribution in [0.25, 0.3) is 0 Å². The first-order valence-electron chi connectivity index (χ1n) is 7.50. The molecular weight excluding hydrogens is 300 g/mol. The van der Waals surface area contributed by atoms with Crippen LogP contribution in [-0.2, 0) is 12.8 Å². The van der Waals surface area contributed by atoms with Gasteiger partial charge in [0.1, 0.15) is 0 Å². The molecule has 0 amide bonds. The van der Waals surface area contributed by atoms with Gasteiger partial charge >= 0.3 is 0 Å². The zero-order valence-electron chi connectivity index (χ0n) is 11.9. The number of rotatable bonds is 6. The van der Waals surface area contributed by atoms with Gasteiger partial charge < -0.3 is 10.2 Å². The normalized spacial score (nSPS) is 16.7. The van der Waals surface area contributed by atoms with Crippen molar-refractivity contribution in [3.63, 3.8) is 0 Å². The summed E-state index contributed by atoms with van der Waals surface area (Å²) >= 11 is 3.66. The van der Waals surface area contributed by atoms with Crippen LogP contribution in [0.15, 0.2) is 22.7 Å². The minimum Gasteiger partial charge on any atom is -0.314 e.